The number of hydrogen-bond donors (Lipinski definition) is 2. The van der Waals surface area contributed by atoms with Crippen LogP contribution in [-0.2, 0) is 0 Å². The Morgan fingerprint density at radius 1 is 1.00 bits per heavy atom. The quantitative estimate of drug-likeness (QED) is 0.168. The van der Waals surface area contributed by atoms with E-state index in [0.29, 0.717) is 0 Å². The second-order valence-corrected chi connectivity index (χ2v) is 0. The van der Waals surface area contributed by atoms with E-state index in [1.54, 1.807) is 0 Å². The first-order chi connectivity index (χ1) is 1.00. The monoisotopic (exact) mass is 68.1 g/mol. The number of hydrogen-bond acceptors (Lipinski definition) is 2. The zero-order valence-corrected chi connectivity index (χ0v) is 3.39. The van der Waals surface area contributed by atoms with Crippen LogP contribution in [0.1, 0.15) is 2.85 Å². The molecule has 0 amide bonds. The van der Waals surface area contributed by atoms with Gasteiger partial charge in [-0.2, -0.15) is 0 Å². The summed E-state index contributed by atoms with van der Waals surface area (Å²) in [6.45, 7) is 0. The van der Waals surface area contributed by atoms with Crippen molar-refractivity contribution in [2.24, 2.45) is 0 Å². The van der Waals surface area contributed by atoms with Crippen molar-refractivity contribution < 1.29 is 56.6 Å². The van der Waals surface area contributed by atoms with Gasteiger partial charge >= 0.3 is 37.7 Å². The average Bonchev–Trinajstić information content (AvgIpc) is 1.00. The van der Waals surface area contributed by atoms with E-state index in [2.05, 4.69) is 0 Å². The van der Waals surface area contributed by atoms with Crippen molar-refractivity contribution in [3.63, 3.8) is 0 Å². The van der Waals surface area contributed by atoms with Gasteiger partial charge in [0.1, 0.15) is 0 Å². The van der Waals surface area contributed by atoms with Crippen LogP contribution in [0, 0.1) is 0 Å². The summed E-state index contributed by atoms with van der Waals surface area (Å²) in [4.78, 5) is 0. The Kier molecular flexibility index (Phi) is 530. The molecule has 0 aromatic heterocycles. The van der Waals surface area contributed by atoms with Gasteiger partial charge in [-0.05, 0) is 0 Å². The van der Waals surface area contributed by atoms with Gasteiger partial charge < -0.3 is 8.33 Å². The van der Waals surface area contributed by atoms with Gasteiger partial charge in [-0.15, -0.1) is 0 Å². The molecule has 0 saturated carbocycles. The van der Waals surface area contributed by atoms with E-state index in [0.717, 1.165) is 0 Å². The second kappa shape index (κ2) is 72.9. The van der Waals surface area contributed by atoms with E-state index in [4.69, 9.17) is 10.5 Å². The van der Waals surface area contributed by atoms with E-state index in [-0.39, 0.29) is 46.1 Å². The van der Waals surface area contributed by atoms with Crippen molar-refractivity contribution in [2.45, 2.75) is 0 Å². The summed E-state index contributed by atoms with van der Waals surface area (Å²) in [5, 5.41) is 12.0. The molecule has 4 N–H and O–H groups in total. The van der Waals surface area contributed by atoms with Crippen LogP contribution in [0.4, 0.5) is 0 Å². The smallest absolute Gasteiger partial charge is 1.00 e. The van der Waals surface area contributed by atoms with Gasteiger partial charge in [-0.1, -0.05) is 0 Å². The third-order valence-corrected chi connectivity index (χ3v) is 0. The summed E-state index contributed by atoms with van der Waals surface area (Å²) in [6, 6.07) is 0. The Hall–Kier alpha value is 1.07. The van der Waals surface area contributed by atoms with Crippen molar-refractivity contribution >= 4 is 0 Å². The van der Waals surface area contributed by atoms with Crippen molar-refractivity contribution in [2.75, 3.05) is 0 Å². The summed E-state index contributed by atoms with van der Waals surface area (Å²) < 4.78 is 0. The van der Waals surface area contributed by atoms with Crippen LogP contribution in [0.5, 0.6) is 0 Å². The molecule has 0 aromatic carbocycles. The summed E-state index contributed by atoms with van der Waals surface area (Å²) >= 11 is 0. The average molecular weight is 67.9 g/mol. The first-order valence-electron chi connectivity index (χ1n) is 0.200. The van der Waals surface area contributed by atoms with Crippen molar-refractivity contribution in [1.82, 2.24) is 0 Å². The molecule has 0 saturated heterocycles. The van der Waals surface area contributed by atoms with Crippen LogP contribution in [0.25, 0.3) is 0 Å². The molecule has 0 atom stereocenters. The third-order valence-electron chi connectivity index (χ3n) is 0. The molecule has 0 aromatic rings. The SMILES string of the molecule is O.OO.[H-].[H-].[Li+].[Li+]. The van der Waals surface area contributed by atoms with Crippen LogP contribution in [0.2, 0.25) is 0 Å². The van der Waals surface area contributed by atoms with Gasteiger partial charge in [0.15, 0.2) is 0 Å². The first-order valence-corrected chi connectivity index (χ1v) is 0.200. The minimum Gasteiger partial charge on any atom is -1.00 e. The van der Waals surface area contributed by atoms with E-state index in [1.807, 2.05) is 0 Å². The molecule has 0 radical (unpaired) electrons. The normalized spacial score (nSPS) is 1.20. The summed E-state index contributed by atoms with van der Waals surface area (Å²) in [5.41, 5.74) is 0. The van der Waals surface area contributed by atoms with Crippen molar-refractivity contribution in [3.8, 4) is 0 Å². The fraction of sp³-hybridized carbons (Fsp3) is 0. The standard InChI is InChI=1S/2Li.H2O2.H2O.2H/c;;1-2;;;/h;;1-2H;1H2;;/q2*+1;;;2*-1. The van der Waals surface area contributed by atoms with Crippen LogP contribution < -0.4 is 37.7 Å². The van der Waals surface area contributed by atoms with Gasteiger partial charge in [-0.25, -0.2) is 0 Å². The maximum absolute atomic E-state index is 6.00. The Bertz CT molecular complexity index is 10.9. The molecule has 0 aliphatic heterocycles. The van der Waals surface area contributed by atoms with E-state index in [9.17, 15) is 0 Å². The molecular weight excluding hydrogens is 61.9 g/mol. The van der Waals surface area contributed by atoms with Crippen molar-refractivity contribution in [1.29, 1.82) is 0 Å². The maximum atomic E-state index is 6.00. The Morgan fingerprint density at radius 3 is 1.00 bits per heavy atom. The fourth-order valence-electron chi connectivity index (χ4n) is 0. The summed E-state index contributed by atoms with van der Waals surface area (Å²) in [7, 11) is 0. The number of rotatable bonds is 0. The predicted molar refractivity (Wildman–Crippen MR) is 11.1 cm³/mol. The van der Waals surface area contributed by atoms with Crippen LogP contribution >= 0.6 is 0 Å². The Balaban J connectivity index is -0.000000000500. The minimum atomic E-state index is 0. The topological polar surface area (TPSA) is 72.0 Å². The summed E-state index contributed by atoms with van der Waals surface area (Å²) in [6.07, 6.45) is 0. The van der Waals surface area contributed by atoms with Gasteiger partial charge in [0, 0.05) is 0 Å². The maximum Gasteiger partial charge on any atom is 1.00 e. The molecule has 0 spiro atoms. The molecule has 5 heteroatoms. The molecule has 0 unspecified atom stereocenters. The molecule has 0 rings (SSSR count). The van der Waals surface area contributed by atoms with E-state index >= 15 is 0 Å². The molecule has 5 heavy (non-hydrogen) atoms. The molecule has 0 bridgehead atoms. The predicted octanol–water partition coefficient (Wildman–Crippen LogP) is -6.57. The molecule has 0 aliphatic carbocycles. The molecule has 26 valence electrons. The Morgan fingerprint density at radius 2 is 1.00 bits per heavy atom. The third kappa shape index (κ3) is 41.5. The largest absolute Gasteiger partial charge is 1.00 e. The molecular formula is H6Li2O3. The molecule has 0 heterocycles. The van der Waals surface area contributed by atoms with Gasteiger partial charge in [-0.3, -0.25) is 10.5 Å². The fourth-order valence-corrected chi connectivity index (χ4v) is 0. The molecule has 0 fully saturated rings. The van der Waals surface area contributed by atoms with Crippen molar-refractivity contribution in [3.05, 3.63) is 0 Å². The minimum absolute atomic E-state index is 0. The summed E-state index contributed by atoms with van der Waals surface area (Å²) in [5.74, 6) is 0. The molecule has 3 nitrogen and oxygen atoms in total. The zero-order chi connectivity index (χ0) is 2.00. The first kappa shape index (κ1) is 36.3. The Labute approximate surface area is 56.9 Å². The zero-order valence-electron chi connectivity index (χ0n) is 5.39. The van der Waals surface area contributed by atoms with Gasteiger partial charge in [0.2, 0.25) is 0 Å². The van der Waals surface area contributed by atoms with E-state index in [1.165, 1.54) is 0 Å². The van der Waals surface area contributed by atoms with Crippen LogP contribution in [0.3, 0.4) is 0 Å². The molecule has 0 aliphatic rings. The van der Waals surface area contributed by atoms with Crippen LogP contribution in [-0.4, -0.2) is 16.0 Å². The van der Waals surface area contributed by atoms with Gasteiger partial charge in [0.05, 0.1) is 0 Å². The van der Waals surface area contributed by atoms with E-state index < -0.39 is 0 Å². The van der Waals surface area contributed by atoms with Crippen LogP contribution in [0.15, 0.2) is 0 Å². The second-order valence-electron chi connectivity index (χ2n) is 0. The van der Waals surface area contributed by atoms with Gasteiger partial charge in [0.25, 0.3) is 0 Å².